The van der Waals surface area contributed by atoms with Crippen LogP contribution in [0.25, 0.3) is 0 Å². The molecule has 2 atom stereocenters. The molecule has 2 unspecified atom stereocenters. The molecule has 0 saturated carbocycles. The second-order valence-electron chi connectivity index (χ2n) is 18.8. The number of carbonyl (C=O) groups excluding carboxylic acids is 4. The lowest BCUT2D eigenvalue weighted by Gasteiger charge is -2.20. The van der Waals surface area contributed by atoms with Crippen molar-refractivity contribution in [3.05, 3.63) is 0 Å². The fourth-order valence-corrected chi connectivity index (χ4v) is 10.1. The van der Waals surface area contributed by atoms with Gasteiger partial charge in [0, 0.05) is 24.3 Å². The number of quaternary nitrogens is 2. The predicted octanol–water partition coefficient (Wildman–Crippen LogP) is 7.17. The Hall–Kier alpha value is -1.50. The third-order valence-electron chi connectivity index (χ3n) is 12.0. The molecule has 0 aliphatic carbocycles. The van der Waals surface area contributed by atoms with E-state index >= 15 is 0 Å². The van der Waals surface area contributed by atoms with E-state index in [0.717, 1.165) is 38.5 Å². The van der Waals surface area contributed by atoms with Gasteiger partial charge in [0.2, 0.25) is 11.8 Å². The van der Waals surface area contributed by atoms with Gasteiger partial charge in [-0.05, 0) is 51.4 Å². The van der Waals surface area contributed by atoms with Crippen molar-refractivity contribution < 1.29 is 39.2 Å². The summed E-state index contributed by atoms with van der Waals surface area (Å²) < 4.78 is 0. The van der Waals surface area contributed by atoms with Gasteiger partial charge in [0.05, 0.1) is 65.3 Å². The second-order valence-corrected chi connectivity index (χ2v) is 21.5. The smallest absolute Gasteiger partial charge is 0.220 e. The number of carboxylic acids is 2. The molecule has 0 saturated heterocycles. The molecule has 62 heavy (non-hydrogen) atoms. The maximum absolute atomic E-state index is 12.4. The minimum Gasteiger partial charge on any atom is -0.548 e. The molecular weight excluding hydrogens is 817 g/mol. The summed E-state index contributed by atoms with van der Waals surface area (Å²) in [5.41, 5.74) is 0. The number of aliphatic carboxylic acids is 2. The molecule has 0 spiro atoms. The van der Waals surface area contributed by atoms with E-state index < -0.39 is 24.0 Å². The first-order valence-corrected chi connectivity index (χ1v) is 28.3. The zero-order chi connectivity index (χ0) is 45.7. The SMILES string of the molecule is C[NH+](C)CCCCCCCCCCCCCCCCCCC(=O)NC(CCSSCCC(NC(=O)CCCCCCCCCCCCCCCCCC[NH+](C)C)C(=O)[O-])C(=O)[O-]. The van der Waals surface area contributed by atoms with Crippen LogP contribution in [0.5, 0.6) is 0 Å². The van der Waals surface area contributed by atoms with E-state index in [1.54, 1.807) is 9.80 Å². The summed E-state index contributed by atoms with van der Waals surface area (Å²) in [4.78, 5) is 51.3. The van der Waals surface area contributed by atoms with Crippen molar-refractivity contribution in [1.82, 2.24) is 10.6 Å². The van der Waals surface area contributed by atoms with E-state index in [4.69, 9.17) is 0 Å². The minimum atomic E-state index is -1.29. The van der Waals surface area contributed by atoms with Crippen LogP contribution in [-0.4, -0.2) is 88.6 Å². The molecule has 366 valence electrons. The summed E-state index contributed by atoms with van der Waals surface area (Å²) in [6.07, 6.45) is 41.5. The van der Waals surface area contributed by atoms with Crippen molar-refractivity contribution in [1.29, 1.82) is 0 Å². The van der Waals surface area contributed by atoms with E-state index in [1.165, 1.54) is 202 Å². The van der Waals surface area contributed by atoms with Crippen LogP contribution in [-0.2, 0) is 19.2 Å². The molecule has 0 fully saturated rings. The number of hydrogen-bond acceptors (Lipinski definition) is 8. The normalized spacial score (nSPS) is 12.5. The summed E-state index contributed by atoms with van der Waals surface area (Å²) in [6, 6.07) is -2.10. The highest BCUT2D eigenvalue weighted by Crippen LogP contribution is 2.24. The number of rotatable bonds is 49. The lowest BCUT2D eigenvalue weighted by Crippen LogP contribution is -3.05. The van der Waals surface area contributed by atoms with Gasteiger partial charge in [-0.3, -0.25) is 9.59 Å². The molecule has 0 heterocycles. The van der Waals surface area contributed by atoms with Gasteiger partial charge in [-0.15, -0.1) is 0 Å². The number of hydrogen-bond donors (Lipinski definition) is 4. The number of nitrogens with one attached hydrogen (secondary N) is 4. The Labute approximate surface area is 389 Å². The van der Waals surface area contributed by atoms with Crippen LogP contribution >= 0.6 is 21.6 Å². The van der Waals surface area contributed by atoms with Crippen molar-refractivity contribution >= 4 is 45.3 Å². The molecule has 10 nitrogen and oxygen atoms in total. The first kappa shape index (κ1) is 60.5. The quantitative estimate of drug-likeness (QED) is 0.0372. The number of amides is 2. The van der Waals surface area contributed by atoms with E-state index in [1.807, 2.05) is 0 Å². The predicted molar refractivity (Wildman–Crippen MR) is 260 cm³/mol. The third kappa shape index (κ3) is 45.1. The summed E-state index contributed by atoms with van der Waals surface area (Å²) in [5.74, 6) is -2.17. The minimum absolute atomic E-state index is 0.225. The summed E-state index contributed by atoms with van der Waals surface area (Å²) in [7, 11) is 11.8. The molecule has 0 bridgehead atoms. The Morgan fingerprint density at radius 3 is 0.790 bits per heavy atom. The molecular formula is C50H98N4O6S2. The average molecular weight is 915 g/mol. The van der Waals surface area contributed by atoms with Crippen molar-refractivity contribution in [2.75, 3.05) is 52.8 Å². The second kappa shape index (κ2) is 46.0. The van der Waals surface area contributed by atoms with Crippen molar-refractivity contribution in [2.45, 2.75) is 243 Å². The maximum atomic E-state index is 12.4. The van der Waals surface area contributed by atoms with Gasteiger partial charge in [-0.2, -0.15) is 0 Å². The highest BCUT2D eigenvalue weighted by atomic mass is 33.1. The lowest BCUT2D eigenvalue weighted by atomic mass is 10.0. The van der Waals surface area contributed by atoms with Crippen LogP contribution in [0.3, 0.4) is 0 Å². The summed E-state index contributed by atoms with van der Waals surface area (Å²) >= 11 is 0. The van der Waals surface area contributed by atoms with E-state index in [9.17, 15) is 29.4 Å². The van der Waals surface area contributed by atoms with Crippen LogP contribution in [0.1, 0.15) is 231 Å². The van der Waals surface area contributed by atoms with Gasteiger partial charge in [0.1, 0.15) is 0 Å². The summed E-state index contributed by atoms with van der Waals surface area (Å²) in [5, 5.41) is 28.6. The van der Waals surface area contributed by atoms with Crippen molar-refractivity contribution in [3.63, 3.8) is 0 Å². The molecule has 0 rings (SSSR count). The molecule has 12 heteroatoms. The monoisotopic (exact) mass is 915 g/mol. The Bertz CT molecular complexity index is 973. The number of carbonyl (C=O) groups is 4. The van der Waals surface area contributed by atoms with Crippen LogP contribution in [0.15, 0.2) is 0 Å². The van der Waals surface area contributed by atoms with Crippen molar-refractivity contribution in [2.24, 2.45) is 0 Å². The first-order chi connectivity index (χ1) is 30.0. The Morgan fingerprint density at radius 1 is 0.371 bits per heavy atom. The highest BCUT2D eigenvalue weighted by Gasteiger charge is 2.15. The summed E-state index contributed by atoms with van der Waals surface area (Å²) in [6.45, 7) is 2.58. The van der Waals surface area contributed by atoms with Crippen LogP contribution in [0.4, 0.5) is 0 Å². The van der Waals surface area contributed by atoms with Gasteiger partial charge < -0.3 is 40.2 Å². The highest BCUT2D eigenvalue weighted by molar-refractivity contribution is 8.76. The third-order valence-corrected chi connectivity index (χ3v) is 14.4. The van der Waals surface area contributed by atoms with Crippen molar-refractivity contribution in [3.8, 4) is 0 Å². The molecule has 0 aromatic heterocycles. The molecule has 0 aromatic rings. The van der Waals surface area contributed by atoms with Gasteiger partial charge in [-0.1, -0.05) is 189 Å². The van der Waals surface area contributed by atoms with E-state index in [0.29, 0.717) is 24.3 Å². The number of carboxylic acid groups (broad SMARTS) is 2. The zero-order valence-electron chi connectivity index (χ0n) is 40.7. The molecule has 0 aromatic carbocycles. The average Bonchev–Trinajstić information content (AvgIpc) is 3.22. The van der Waals surface area contributed by atoms with Crippen LogP contribution in [0.2, 0.25) is 0 Å². The van der Waals surface area contributed by atoms with Crippen LogP contribution < -0.4 is 30.6 Å². The number of unbranched alkanes of at least 4 members (excludes halogenated alkanes) is 30. The Morgan fingerprint density at radius 2 is 0.581 bits per heavy atom. The molecule has 4 N–H and O–H groups in total. The fourth-order valence-electron chi connectivity index (χ4n) is 7.96. The lowest BCUT2D eigenvalue weighted by molar-refractivity contribution is -0.858. The van der Waals surface area contributed by atoms with E-state index in [2.05, 4.69) is 38.8 Å². The fraction of sp³-hybridized carbons (Fsp3) is 0.920. The van der Waals surface area contributed by atoms with Gasteiger partial charge in [0.15, 0.2) is 0 Å². The first-order valence-electron chi connectivity index (χ1n) is 25.9. The molecule has 2 amide bonds. The zero-order valence-corrected chi connectivity index (χ0v) is 42.3. The molecule has 0 aliphatic heterocycles. The topological polar surface area (TPSA) is 147 Å². The Balaban J connectivity index is 3.76. The largest absolute Gasteiger partial charge is 0.548 e. The molecule has 0 aliphatic rings. The molecule has 0 radical (unpaired) electrons. The maximum Gasteiger partial charge on any atom is 0.220 e. The standard InChI is InChI=1S/C50H98N4O6S2/c1-53(2)41-35-31-27-23-19-15-11-7-5-9-13-17-21-25-29-33-37-47(55)51-45(49(57)58)39-43-61-62-44-40-46(50(59)60)52-48(56)38-34-30-26-22-18-14-10-6-8-12-16-20-24-28-32-36-42-54(3)4/h45-46H,5-44H2,1-4H3,(H,51,55)(H,52,56)(H,57,58)(H,59,60). The van der Waals surface area contributed by atoms with Gasteiger partial charge in [0.25, 0.3) is 0 Å². The van der Waals surface area contributed by atoms with E-state index in [-0.39, 0.29) is 24.7 Å². The van der Waals surface area contributed by atoms with Gasteiger partial charge in [-0.25, -0.2) is 0 Å². The van der Waals surface area contributed by atoms with Crippen LogP contribution in [0, 0.1) is 0 Å². The van der Waals surface area contributed by atoms with Gasteiger partial charge >= 0.3 is 0 Å². The Kier molecular flexibility index (Phi) is 44.9.